The third kappa shape index (κ3) is 7.87. The monoisotopic (exact) mass is 284 g/mol. The lowest BCUT2D eigenvalue weighted by atomic mass is 10.2. The van der Waals surface area contributed by atoms with Gasteiger partial charge in [0.1, 0.15) is 0 Å². The molecule has 0 bridgehead atoms. The molecule has 0 spiro atoms. The van der Waals surface area contributed by atoms with E-state index in [2.05, 4.69) is 0 Å². The molecule has 0 heterocycles. The first kappa shape index (κ1) is 16.0. The molecule has 0 fully saturated rings. The van der Waals surface area contributed by atoms with Crippen molar-refractivity contribution in [3.8, 4) is 0 Å². The normalized spacial score (nSPS) is 10.6. The minimum absolute atomic E-state index is 0.0769. The number of methoxy groups -OCH3 is 1. The Balaban J connectivity index is 2.14. The molecule has 0 radical (unpaired) electrons. The Kier molecular flexibility index (Phi) is 8.29. The summed E-state index contributed by atoms with van der Waals surface area (Å²) in [5.74, 6) is 0.0931. The zero-order valence-electron chi connectivity index (χ0n) is 11.1. The molecule has 1 rings (SSSR count). The highest BCUT2D eigenvalue weighted by Gasteiger charge is 2.00. The fourth-order valence-electron chi connectivity index (χ4n) is 1.50. The molecule has 5 heteroatoms. The van der Waals surface area contributed by atoms with Gasteiger partial charge in [-0.25, -0.2) is 0 Å². The molecule has 0 aliphatic heterocycles. The molecule has 1 aromatic carbocycles. The summed E-state index contributed by atoms with van der Waals surface area (Å²) < 4.78 is 10.4. The largest absolute Gasteiger partial charge is 0.481 e. The molecule has 4 nitrogen and oxygen atoms in total. The number of aliphatic carboxylic acids is 1. The molecule has 0 aromatic heterocycles. The number of hydrogen-bond acceptors (Lipinski definition) is 4. The SMILES string of the molecule is COCCCOCCSc1ccc(CC(=O)O)cc1. The lowest BCUT2D eigenvalue weighted by Gasteiger charge is -2.05. The van der Waals surface area contributed by atoms with E-state index in [0.29, 0.717) is 6.61 Å². The first-order valence-electron chi connectivity index (χ1n) is 6.22. The predicted molar refractivity (Wildman–Crippen MR) is 75.8 cm³/mol. The van der Waals surface area contributed by atoms with Crippen LogP contribution in [0.1, 0.15) is 12.0 Å². The predicted octanol–water partition coefficient (Wildman–Crippen LogP) is 2.46. The van der Waals surface area contributed by atoms with Crippen LogP contribution in [0, 0.1) is 0 Å². The molecule has 0 atom stereocenters. The number of carbonyl (C=O) groups is 1. The van der Waals surface area contributed by atoms with Crippen molar-refractivity contribution in [1.29, 1.82) is 0 Å². The maximum atomic E-state index is 10.5. The lowest BCUT2D eigenvalue weighted by Crippen LogP contribution is -2.02. The van der Waals surface area contributed by atoms with Gasteiger partial charge in [-0.2, -0.15) is 0 Å². The molecule has 0 unspecified atom stereocenters. The van der Waals surface area contributed by atoms with Crippen LogP contribution in [-0.2, 0) is 20.7 Å². The Morgan fingerprint density at radius 3 is 2.58 bits per heavy atom. The first-order chi connectivity index (χ1) is 9.22. The van der Waals surface area contributed by atoms with E-state index < -0.39 is 5.97 Å². The maximum Gasteiger partial charge on any atom is 0.307 e. The third-order valence-corrected chi connectivity index (χ3v) is 3.39. The molecule has 0 amide bonds. The van der Waals surface area contributed by atoms with E-state index in [1.165, 1.54) is 0 Å². The van der Waals surface area contributed by atoms with Crippen LogP contribution in [0.2, 0.25) is 0 Å². The van der Waals surface area contributed by atoms with Crippen LogP contribution < -0.4 is 0 Å². The zero-order valence-corrected chi connectivity index (χ0v) is 11.9. The number of hydrogen-bond donors (Lipinski definition) is 1. The minimum Gasteiger partial charge on any atom is -0.481 e. The maximum absolute atomic E-state index is 10.5. The van der Waals surface area contributed by atoms with Gasteiger partial charge in [0.05, 0.1) is 13.0 Å². The number of carboxylic acids is 1. The average molecular weight is 284 g/mol. The van der Waals surface area contributed by atoms with Crippen molar-refractivity contribution >= 4 is 17.7 Å². The summed E-state index contributed by atoms with van der Waals surface area (Å²) in [6, 6.07) is 7.62. The van der Waals surface area contributed by atoms with Crippen LogP contribution in [0.25, 0.3) is 0 Å². The molecule has 0 saturated heterocycles. The molecular weight excluding hydrogens is 264 g/mol. The molecule has 19 heavy (non-hydrogen) atoms. The van der Waals surface area contributed by atoms with Gasteiger partial charge in [0.25, 0.3) is 0 Å². The van der Waals surface area contributed by atoms with Crippen molar-refractivity contribution in [2.45, 2.75) is 17.7 Å². The molecule has 0 aliphatic carbocycles. The van der Waals surface area contributed by atoms with Crippen LogP contribution in [0.5, 0.6) is 0 Å². The Morgan fingerprint density at radius 1 is 1.21 bits per heavy atom. The average Bonchev–Trinajstić information content (AvgIpc) is 2.39. The van der Waals surface area contributed by atoms with Gasteiger partial charge in [0, 0.05) is 31.0 Å². The van der Waals surface area contributed by atoms with Crippen LogP contribution in [0.3, 0.4) is 0 Å². The van der Waals surface area contributed by atoms with Crippen LogP contribution >= 0.6 is 11.8 Å². The summed E-state index contributed by atoms with van der Waals surface area (Å²) in [6.45, 7) is 2.18. The first-order valence-corrected chi connectivity index (χ1v) is 7.21. The van der Waals surface area contributed by atoms with Crippen molar-refractivity contribution in [1.82, 2.24) is 0 Å². The van der Waals surface area contributed by atoms with E-state index >= 15 is 0 Å². The van der Waals surface area contributed by atoms with E-state index in [9.17, 15) is 4.79 Å². The summed E-state index contributed by atoms with van der Waals surface area (Å²) in [4.78, 5) is 11.7. The van der Waals surface area contributed by atoms with Gasteiger partial charge in [0.15, 0.2) is 0 Å². The van der Waals surface area contributed by atoms with E-state index in [1.54, 1.807) is 18.9 Å². The van der Waals surface area contributed by atoms with E-state index in [4.69, 9.17) is 14.6 Å². The summed E-state index contributed by atoms with van der Waals surface area (Å²) >= 11 is 1.71. The molecule has 0 saturated carbocycles. The highest BCUT2D eigenvalue weighted by Crippen LogP contribution is 2.18. The number of rotatable bonds is 10. The highest BCUT2D eigenvalue weighted by molar-refractivity contribution is 7.99. The second-order valence-electron chi connectivity index (χ2n) is 4.02. The van der Waals surface area contributed by atoms with Gasteiger partial charge in [-0.15, -0.1) is 11.8 Å². The standard InChI is InChI=1S/C14H20O4S/c1-17-7-2-8-18-9-10-19-13-5-3-12(4-6-13)11-14(15)16/h3-6H,2,7-11H2,1H3,(H,15,16). The van der Waals surface area contributed by atoms with E-state index in [-0.39, 0.29) is 6.42 Å². The van der Waals surface area contributed by atoms with Gasteiger partial charge < -0.3 is 14.6 Å². The molecule has 0 aliphatic rings. The molecule has 1 aromatic rings. The molecule has 1 N–H and O–H groups in total. The van der Waals surface area contributed by atoms with Crippen LogP contribution in [-0.4, -0.2) is 43.8 Å². The molecular formula is C14H20O4S. The lowest BCUT2D eigenvalue weighted by molar-refractivity contribution is -0.136. The van der Waals surface area contributed by atoms with Gasteiger partial charge >= 0.3 is 5.97 Å². The summed E-state index contributed by atoms with van der Waals surface area (Å²) in [5.41, 5.74) is 0.827. The number of carboxylic acid groups (broad SMARTS) is 1. The topological polar surface area (TPSA) is 55.8 Å². The van der Waals surface area contributed by atoms with Crippen molar-refractivity contribution < 1.29 is 19.4 Å². The van der Waals surface area contributed by atoms with Crippen molar-refractivity contribution in [2.24, 2.45) is 0 Å². The minimum atomic E-state index is -0.801. The summed E-state index contributed by atoms with van der Waals surface area (Å²) in [5, 5.41) is 8.67. The van der Waals surface area contributed by atoms with Gasteiger partial charge in [-0.05, 0) is 24.1 Å². The van der Waals surface area contributed by atoms with Crippen LogP contribution in [0.15, 0.2) is 29.2 Å². The third-order valence-electron chi connectivity index (χ3n) is 2.41. The Morgan fingerprint density at radius 2 is 1.95 bits per heavy atom. The van der Waals surface area contributed by atoms with E-state index in [0.717, 1.165) is 35.8 Å². The number of thioether (sulfide) groups is 1. The highest BCUT2D eigenvalue weighted by atomic mass is 32.2. The summed E-state index contributed by atoms with van der Waals surface area (Å²) in [7, 11) is 1.68. The number of ether oxygens (including phenoxy) is 2. The van der Waals surface area contributed by atoms with Crippen LogP contribution in [0.4, 0.5) is 0 Å². The van der Waals surface area contributed by atoms with Gasteiger partial charge in [-0.1, -0.05) is 12.1 Å². The van der Waals surface area contributed by atoms with Crippen molar-refractivity contribution in [2.75, 3.05) is 32.7 Å². The Bertz CT molecular complexity index is 364. The Labute approximate surface area is 118 Å². The van der Waals surface area contributed by atoms with Gasteiger partial charge in [0.2, 0.25) is 0 Å². The van der Waals surface area contributed by atoms with E-state index in [1.807, 2.05) is 24.3 Å². The summed E-state index contributed by atoms with van der Waals surface area (Å²) in [6.07, 6.45) is 0.999. The zero-order chi connectivity index (χ0) is 13.9. The second-order valence-corrected chi connectivity index (χ2v) is 5.19. The van der Waals surface area contributed by atoms with Crippen molar-refractivity contribution in [3.63, 3.8) is 0 Å². The molecule has 106 valence electrons. The Hall–Kier alpha value is -1.04. The number of benzene rings is 1. The smallest absolute Gasteiger partial charge is 0.307 e. The fraction of sp³-hybridized carbons (Fsp3) is 0.500. The second kappa shape index (κ2) is 9.83. The fourth-order valence-corrected chi connectivity index (χ4v) is 2.27. The quantitative estimate of drug-likeness (QED) is 0.528. The van der Waals surface area contributed by atoms with Gasteiger partial charge in [-0.3, -0.25) is 4.79 Å². The van der Waals surface area contributed by atoms with Crippen molar-refractivity contribution in [3.05, 3.63) is 29.8 Å².